The van der Waals surface area contributed by atoms with Gasteiger partial charge in [-0.2, -0.15) is 0 Å². The van der Waals surface area contributed by atoms with Crippen molar-refractivity contribution in [2.75, 3.05) is 19.5 Å². The summed E-state index contributed by atoms with van der Waals surface area (Å²) < 4.78 is 15.7. The lowest BCUT2D eigenvalue weighted by molar-refractivity contribution is -0.148. The third-order valence-corrected chi connectivity index (χ3v) is 3.90. The number of benzene rings is 2. The molecule has 1 atom stereocenters. The Labute approximate surface area is 158 Å². The standard InChI is InChI=1S/C21H23NO5/c1-14-8-5-6-10-17(14)22-21(24)15(2)27-19(23)13-12-16-9-7-11-18(25-3)20(16)26-4/h5-13,15H,1-4H3,(H,22,24)/b13-12+. The molecule has 0 fully saturated rings. The molecule has 2 aromatic carbocycles. The fourth-order valence-corrected chi connectivity index (χ4v) is 2.42. The minimum Gasteiger partial charge on any atom is -0.493 e. The quantitative estimate of drug-likeness (QED) is 0.596. The van der Waals surface area contributed by atoms with Crippen LogP contribution in [0.25, 0.3) is 6.08 Å². The molecule has 0 aliphatic rings. The molecule has 0 aliphatic carbocycles. The molecule has 1 N–H and O–H groups in total. The van der Waals surface area contributed by atoms with Gasteiger partial charge in [0.25, 0.3) is 5.91 Å². The van der Waals surface area contributed by atoms with Crippen LogP contribution in [0, 0.1) is 6.92 Å². The third-order valence-electron chi connectivity index (χ3n) is 3.90. The van der Waals surface area contributed by atoms with Gasteiger partial charge in [-0.15, -0.1) is 0 Å². The number of methoxy groups -OCH3 is 2. The summed E-state index contributed by atoms with van der Waals surface area (Å²) in [6, 6.07) is 12.7. The summed E-state index contributed by atoms with van der Waals surface area (Å²) in [5, 5.41) is 2.75. The monoisotopic (exact) mass is 369 g/mol. The van der Waals surface area contributed by atoms with E-state index >= 15 is 0 Å². The first-order valence-electron chi connectivity index (χ1n) is 8.42. The first-order valence-corrected chi connectivity index (χ1v) is 8.42. The van der Waals surface area contributed by atoms with Crippen molar-refractivity contribution in [3.8, 4) is 11.5 Å². The summed E-state index contributed by atoms with van der Waals surface area (Å²) in [5.41, 5.74) is 2.27. The zero-order chi connectivity index (χ0) is 19.8. The van der Waals surface area contributed by atoms with E-state index in [-0.39, 0.29) is 0 Å². The number of anilines is 1. The predicted octanol–water partition coefficient (Wildman–Crippen LogP) is 3.60. The van der Waals surface area contributed by atoms with Crippen molar-refractivity contribution in [1.82, 2.24) is 0 Å². The van der Waals surface area contributed by atoms with Crippen LogP contribution in [0.1, 0.15) is 18.1 Å². The van der Waals surface area contributed by atoms with Gasteiger partial charge in [-0.05, 0) is 37.6 Å². The Hall–Kier alpha value is -3.28. The zero-order valence-electron chi connectivity index (χ0n) is 15.8. The lowest BCUT2D eigenvalue weighted by Gasteiger charge is -2.14. The van der Waals surface area contributed by atoms with Crippen molar-refractivity contribution < 1.29 is 23.8 Å². The largest absolute Gasteiger partial charge is 0.493 e. The van der Waals surface area contributed by atoms with Crippen molar-refractivity contribution in [1.29, 1.82) is 0 Å². The first-order chi connectivity index (χ1) is 13.0. The number of aryl methyl sites for hydroxylation is 1. The van der Waals surface area contributed by atoms with Gasteiger partial charge in [0, 0.05) is 17.3 Å². The van der Waals surface area contributed by atoms with Gasteiger partial charge < -0.3 is 19.5 Å². The predicted molar refractivity (Wildman–Crippen MR) is 104 cm³/mol. The number of para-hydroxylation sites is 2. The summed E-state index contributed by atoms with van der Waals surface area (Å²) in [5.74, 6) is 0.0331. The molecule has 0 saturated carbocycles. The van der Waals surface area contributed by atoms with Crippen LogP contribution in [0.3, 0.4) is 0 Å². The molecule has 0 heterocycles. The Bertz CT molecular complexity index is 844. The molecule has 1 unspecified atom stereocenters. The Morgan fingerprint density at radius 1 is 1.04 bits per heavy atom. The summed E-state index contributed by atoms with van der Waals surface area (Å²) in [4.78, 5) is 24.3. The molecule has 6 nitrogen and oxygen atoms in total. The minimum atomic E-state index is -0.936. The van der Waals surface area contributed by atoms with Crippen LogP contribution in [-0.2, 0) is 14.3 Å². The van der Waals surface area contributed by atoms with E-state index in [0.717, 1.165) is 5.56 Å². The van der Waals surface area contributed by atoms with Crippen LogP contribution >= 0.6 is 0 Å². The number of nitrogens with one attached hydrogen (secondary N) is 1. The van der Waals surface area contributed by atoms with E-state index in [0.29, 0.717) is 22.7 Å². The maximum Gasteiger partial charge on any atom is 0.331 e. The number of hydrogen-bond donors (Lipinski definition) is 1. The van der Waals surface area contributed by atoms with Crippen molar-refractivity contribution in [3.63, 3.8) is 0 Å². The third kappa shape index (κ3) is 5.34. The number of esters is 1. The molecule has 0 spiro atoms. The van der Waals surface area contributed by atoms with E-state index in [1.54, 1.807) is 30.3 Å². The molecule has 6 heteroatoms. The lowest BCUT2D eigenvalue weighted by Crippen LogP contribution is -2.29. The Morgan fingerprint density at radius 2 is 1.78 bits per heavy atom. The van der Waals surface area contributed by atoms with E-state index < -0.39 is 18.0 Å². The molecule has 2 aromatic rings. The van der Waals surface area contributed by atoms with Gasteiger partial charge in [-0.3, -0.25) is 4.79 Å². The van der Waals surface area contributed by atoms with Crippen LogP contribution in [0.15, 0.2) is 48.5 Å². The maximum atomic E-state index is 12.2. The van der Waals surface area contributed by atoms with E-state index in [9.17, 15) is 9.59 Å². The van der Waals surface area contributed by atoms with Gasteiger partial charge in [-0.1, -0.05) is 30.3 Å². The first kappa shape index (κ1) is 20.0. The fourth-order valence-electron chi connectivity index (χ4n) is 2.42. The number of rotatable bonds is 7. The highest BCUT2D eigenvalue weighted by Gasteiger charge is 2.17. The van der Waals surface area contributed by atoms with Crippen LogP contribution in [0.5, 0.6) is 11.5 Å². The van der Waals surface area contributed by atoms with E-state index in [1.807, 2.05) is 25.1 Å². The molecule has 0 radical (unpaired) electrons. The maximum absolute atomic E-state index is 12.2. The van der Waals surface area contributed by atoms with Crippen LogP contribution in [0.2, 0.25) is 0 Å². The summed E-state index contributed by atoms with van der Waals surface area (Å²) in [6.45, 7) is 3.40. The second kappa shape index (κ2) is 9.43. The van der Waals surface area contributed by atoms with E-state index in [2.05, 4.69) is 5.32 Å². The molecule has 0 bridgehead atoms. The molecule has 142 valence electrons. The molecule has 0 aliphatic heterocycles. The SMILES string of the molecule is COc1cccc(/C=C/C(=O)OC(C)C(=O)Nc2ccccc2C)c1OC. The van der Waals surface area contributed by atoms with Crippen LogP contribution in [0.4, 0.5) is 5.69 Å². The average Bonchev–Trinajstić information content (AvgIpc) is 2.67. The van der Waals surface area contributed by atoms with E-state index in [1.165, 1.54) is 27.2 Å². The van der Waals surface area contributed by atoms with Gasteiger partial charge in [0.2, 0.25) is 0 Å². The summed E-state index contributed by atoms with van der Waals surface area (Å²) >= 11 is 0. The van der Waals surface area contributed by atoms with Crippen molar-refractivity contribution in [3.05, 3.63) is 59.7 Å². The van der Waals surface area contributed by atoms with Gasteiger partial charge >= 0.3 is 5.97 Å². The number of ether oxygens (including phenoxy) is 3. The summed E-state index contributed by atoms with van der Waals surface area (Å²) in [7, 11) is 3.06. The fraction of sp³-hybridized carbons (Fsp3) is 0.238. The van der Waals surface area contributed by atoms with Gasteiger partial charge in [0.05, 0.1) is 14.2 Å². The normalized spacial score (nSPS) is 11.7. The number of hydrogen-bond acceptors (Lipinski definition) is 5. The number of amides is 1. The molecule has 0 saturated heterocycles. The molecule has 1 amide bonds. The topological polar surface area (TPSA) is 73.9 Å². The van der Waals surface area contributed by atoms with Crippen molar-refractivity contribution in [2.24, 2.45) is 0 Å². The van der Waals surface area contributed by atoms with E-state index in [4.69, 9.17) is 14.2 Å². The Balaban J connectivity index is 2.00. The second-order valence-electron chi connectivity index (χ2n) is 5.80. The van der Waals surface area contributed by atoms with Crippen molar-refractivity contribution >= 4 is 23.6 Å². The van der Waals surface area contributed by atoms with Gasteiger partial charge in [0.15, 0.2) is 17.6 Å². The highest BCUT2D eigenvalue weighted by atomic mass is 16.5. The molecule has 2 rings (SSSR count). The summed E-state index contributed by atoms with van der Waals surface area (Å²) in [6.07, 6.45) is 1.86. The van der Waals surface area contributed by atoms with Crippen molar-refractivity contribution in [2.45, 2.75) is 20.0 Å². The van der Waals surface area contributed by atoms with Gasteiger partial charge in [0.1, 0.15) is 0 Å². The number of carbonyl (C=O) groups is 2. The highest BCUT2D eigenvalue weighted by Crippen LogP contribution is 2.31. The molecular formula is C21H23NO5. The second-order valence-corrected chi connectivity index (χ2v) is 5.80. The molecule has 0 aromatic heterocycles. The lowest BCUT2D eigenvalue weighted by atomic mass is 10.1. The van der Waals surface area contributed by atoms with Crippen LogP contribution < -0.4 is 14.8 Å². The minimum absolute atomic E-state index is 0.398. The van der Waals surface area contributed by atoms with Gasteiger partial charge in [-0.25, -0.2) is 4.79 Å². The Morgan fingerprint density at radius 3 is 2.44 bits per heavy atom. The average molecular weight is 369 g/mol. The smallest absolute Gasteiger partial charge is 0.331 e. The molecule has 27 heavy (non-hydrogen) atoms. The number of carbonyl (C=O) groups excluding carboxylic acids is 2. The Kier molecular flexibility index (Phi) is 7.00. The zero-order valence-corrected chi connectivity index (χ0v) is 15.8. The molecular weight excluding hydrogens is 346 g/mol. The highest BCUT2D eigenvalue weighted by molar-refractivity contribution is 5.97. The van der Waals surface area contributed by atoms with Crippen LogP contribution in [-0.4, -0.2) is 32.2 Å².